The molecule has 1 aromatic heterocycles. The van der Waals surface area contributed by atoms with Crippen molar-refractivity contribution < 1.29 is 9.90 Å². The molecule has 1 unspecified atom stereocenters. The van der Waals surface area contributed by atoms with Crippen LogP contribution in [0.4, 0.5) is 0 Å². The van der Waals surface area contributed by atoms with E-state index in [1.165, 1.54) is 0 Å². The lowest BCUT2D eigenvalue weighted by Crippen LogP contribution is -2.30. The Morgan fingerprint density at radius 3 is 2.69 bits per heavy atom. The van der Waals surface area contributed by atoms with Crippen molar-refractivity contribution in [2.45, 2.75) is 25.9 Å². The van der Waals surface area contributed by atoms with Gasteiger partial charge in [0.25, 0.3) is 0 Å². The van der Waals surface area contributed by atoms with Crippen molar-refractivity contribution in [3.63, 3.8) is 0 Å². The second-order valence-corrected chi connectivity index (χ2v) is 3.99. The van der Waals surface area contributed by atoms with E-state index in [2.05, 4.69) is 4.98 Å². The highest BCUT2D eigenvalue weighted by atomic mass is 16.3. The van der Waals surface area contributed by atoms with Crippen molar-refractivity contribution in [2.75, 3.05) is 13.6 Å². The highest BCUT2D eigenvalue weighted by Gasteiger charge is 2.09. The van der Waals surface area contributed by atoms with E-state index >= 15 is 0 Å². The highest BCUT2D eigenvalue weighted by molar-refractivity contribution is 5.78. The molecule has 0 bridgehead atoms. The number of aromatic nitrogens is 1. The summed E-state index contributed by atoms with van der Waals surface area (Å²) in [6, 6.07) is 3.67. The van der Waals surface area contributed by atoms with Gasteiger partial charge in [-0.25, -0.2) is 0 Å². The average molecular weight is 222 g/mol. The molecule has 88 valence electrons. The minimum absolute atomic E-state index is 0.0619. The Morgan fingerprint density at radius 2 is 2.12 bits per heavy atom. The number of likely N-dealkylation sites (N-methyl/N-ethyl adjacent to an activating group) is 1. The van der Waals surface area contributed by atoms with Crippen molar-refractivity contribution in [3.8, 4) is 0 Å². The Hall–Kier alpha value is -1.42. The van der Waals surface area contributed by atoms with Crippen molar-refractivity contribution in [3.05, 3.63) is 30.1 Å². The Bertz CT molecular complexity index is 325. The summed E-state index contributed by atoms with van der Waals surface area (Å²) in [7, 11) is 1.76. The quantitative estimate of drug-likeness (QED) is 0.803. The molecular weight excluding hydrogens is 204 g/mol. The molecule has 4 nitrogen and oxygen atoms in total. The van der Waals surface area contributed by atoms with Gasteiger partial charge in [0.15, 0.2) is 0 Å². The molecule has 1 atom stereocenters. The van der Waals surface area contributed by atoms with Gasteiger partial charge in [-0.15, -0.1) is 0 Å². The summed E-state index contributed by atoms with van der Waals surface area (Å²) in [5.41, 5.74) is 0.962. The molecule has 1 aromatic rings. The van der Waals surface area contributed by atoms with Crippen LogP contribution >= 0.6 is 0 Å². The van der Waals surface area contributed by atoms with E-state index in [9.17, 15) is 4.79 Å². The van der Waals surface area contributed by atoms with E-state index in [0.29, 0.717) is 19.4 Å². The van der Waals surface area contributed by atoms with Crippen molar-refractivity contribution >= 4 is 5.91 Å². The largest absolute Gasteiger partial charge is 0.393 e. The maximum absolute atomic E-state index is 11.7. The number of carbonyl (C=O) groups is 1. The number of pyridine rings is 1. The average Bonchev–Trinajstić information content (AvgIpc) is 2.27. The van der Waals surface area contributed by atoms with Crippen LogP contribution in [0.15, 0.2) is 24.5 Å². The van der Waals surface area contributed by atoms with Crippen LogP contribution in [0.2, 0.25) is 0 Å². The number of aliphatic hydroxyl groups excluding tert-OH is 1. The molecule has 1 N–H and O–H groups in total. The predicted octanol–water partition coefficient (Wildman–Crippen LogP) is 0.853. The first-order valence-corrected chi connectivity index (χ1v) is 5.40. The number of hydrogen-bond donors (Lipinski definition) is 1. The maximum atomic E-state index is 11.7. The first kappa shape index (κ1) is 12.6. The molecule has 16 heavy (non-hydrogen) atoms. The van der Waals surface area contributed by atoms with Gasteiger partial charge in [0.1, 0.15) is 0 Å². The van der Waals surface area contributed by atoms with Gasteiger partial charge in [-0.3, -0.25) is 9.78 Å². The van der Waals surface area contributed by atoms with Crippen LogP contribution in [0.3, 0.4) is 0 Å². The van der Waals surface area contributed by atoms with Crippen LogP contribution in [0.5, 0.6) is 0 Å². The van der Waals surface area contributed by atoms with Crippen molar-refractivity contribution in [1.82, 2.24) is 9.88 Å². The van der Waals surface area contributed by atoms with Crippen molar-refractivity contribution in [2.24, 2.45) is 0 Å². The van der Waals surface area contributed by atoms with Gasteiger partial charge in [-0.2, -0.15) is 0 Å². The summed E-state index contributed by atoms with van der Waals surface area (Å²) >= 11 is 0. The van der Waals surface area contributed by atoms with Gasteiger partial charge in [0, 0.05) is 26.0 Å². The molecule has 0 saturated heterocycles. The van der Waals surface area contributed by atoms with Gasteiger partial charge < -0.3 is 10.0 Å². The summed E-state index contributed by atoms with van der Waals surface area (Å²) in [6.45, 7) is 2.31. The standard InChI is InChI=1S/C12H18N2O2/c1-10(15)5-8-14(2)12(16)9-11-3-6-13-7-4-11/h3-4,6-7,10,15H,5,8-9H2,1-2H3. The van der Waals surface area contributed by atoms with Crippen LogP contribution in [-0.4, -0.2) is 40.6 Å². The van der Waals surface area contributed by atoms with Crippen LogP contribution in [0.25, 0.3) is 0 Å². The van der Waals surface area contributed by atoms with Gasteiger partial charge >= 0.3 is 0 Å². The summed E-state index contributed by atoms with van der Waals surface area (Å²) in [5.74, 6) is 0.0619. The molecule has 0 aliphatic rings. The molecule has 0 spiro atoms. The minimum atomic E-state index is -0.365. The second-order valence-electron chi connectivity index (χ2n) is 3.99. The van der Waals surface area contributed by atoms with Gasteiger partial charge in [-0.1, -0.05) is 0 Å². The Kier molecular flexibility index (Phi) is 4.92. The SMILES string of the molecule is CC(O)CCN(C)C(=O)Cc1ccncc1. The lowest BCUT2D eigenvalue weighted by atomic mass is 10.2. The molecule has 4 heteroatoms. The van der Waals surface area contributed by atoms with Crippen LogP contribution in [-0.2, 0) is 11.2 Å². The third-order valence-electron chi connectivity index (χ3n) is 2.41. The fraction of sp³-hybridized carbons (Fsp3) is 0.500. The molecule has 1 rings (SSSR count). The fourth-order valence-electron chi connectivity index (χ4n) is 1.32. The fourth-order valence-corrected chi connectivity index (χ4v) is 1.32. The summed E-state index contributed by atoms with van der Waals surface area (Å²) in [6.07, 6.45) is 3.99. The van der Waals surface area contributed by atoms with E-state index in [4.69, 9.17) is 5.11 Å². The molecule has 0 aromatic carbocycles. The normalized spacial score (nSPS) is 12.2. The Balaban J connectivity index is 2.40. The van der Waals surface area contributed by atoms with E-state index in [0.717, 1.165) is 5.56 Å². The minimum Gasteiger partial charge on any atom is -0.393 e. The summed E-state index contributed by atoms with van der Waals surface area (Å²) in [5, 5.41) is 9.13. The lowest BCUT2D eigenvalue weighted by molar-refractivity contribution is -0.129. The molecular formula is C12H18N2O2. The number of carbonyl (C=O) groups excluding carboxylic acids is 1. The monoisotopic (exact) mass is 222 g/mol. The molecule has 1 amide bonds. The summed E-state index contributed by atoms with van der Waals surface area (Å²) in [4.78, 5) is 17.3. The zero-order chi connectivity index (χ0) is 12.0. The molecule has 0 radical (unpaired) electrons. The molecule has 0 saturated carbocycles. The first-order chi connectivity index (χ1) is 7.59. The third-order valence-corrected chi connectivity index (χ3v) is 2.41. The number of amides is 1. The smallest absolute Gasteiger partial charge is 0.226 e. The van der Waals surface area contributed by atoms with E-state index in [1.54, 1.807) is 31.3 Å². The Morgan fingerprint density at radius 1 is 1.50 bits per heavy atom. The van der Waals surface area contributed by atoms with Gasteiger partial charge in [0.2, 0.25) is 5.91 Å². The number of aliphatic hydroxyl groups is 1. The summed E-state index contributed by atoms with van der Waals surface area (Å²) < 4.78 is 0. The van der Waals surface area contributed by atoms with Gasteiger partial charge in [0.05, 0.1) is 12.5 Å². The molecule has 0 aliphatic carbocycles. The maximum Gasteiger partial charge on any atom is 0.226 e. The van der Waals surface area contributed by atoms with Crippen LogP contribution < -0.4 is 0 Å². The second kappa shape index (κ2) is 6.23. The zero-order valence-electron chi connectivity index (χ0n) is 9.76. The van der Waals surface area contributed by atoms with Gasteiger partial charge in [-0.05, 0) is 31.0 Å². The van der Waals surface area contributed by atoms with Crippen molar-refractivity contribution in [1.29, 1.82) is 0 Å². The van der Waals surface area contributed by atoms with E-state index in [-0.39, 0.29) is 12.0 Å². The zero-order valence-corrected chi connectivity index (χ0v) is 9.76. The van der Waals surface area contributed by atoms with Crippen LogP contribution in [0, 0.1) is 0 Å². The van der Waals surface area contributed by atoms with Crippen LogP contribution in [0.1, 0.15) is 18.9 Å². The molecule has 0 fully saturated rings. The lowest BCUT2D eigenvalue weighted by Gasteiger charge is -2.17. The number of hydrogen-bond acceptors (Lipinski definition) is 3. The Labute approximate surface area is 95.9 Å². The topological polar surface area (TPSA) is 53.4 Å². The highest BCUT2D eigenvalue weighted by Crippen LogP contribution is 2.01. The first-order valence-electron chi connectivity index (χ1n) is 5.40. The third kappa shape index (κ3) is 4.40. The predicted molar refractivity (Wildman–Crippen MR) is 61.9 cm³/mol. The number of nitrogens with zero attached hydrogens (tertiary/aromatic N) is 2. The molecule has 0 aliphatic heterocycles. The molecule has 1 heterocycles. The number of rotatable bonds is 5. The van der Waals surface area contributed by atoms with E-state index < -0.39 is 0 Å². The van der Waals surface area contributed by atoms with E-state index in [1.807, 2.05) is 12.1 Å².